The number of rotatable bonds is 7. The van der Waals surface area contributed by atoms with Gasteiger partial charge in [-0.1, -0.05) is 19.9 Å². The number of hydrogen-bond donors (Lipinski definition) is 1. The first-order valence-corrected chi connectivity index (χ1v) is 9.85. The molecule has 0 aliphatic carbocycles. The van der Waals surface area contributed by atoms with Gasteiger partial charge in [-0.15, -0.1) is 11.3 Å². The van der Waals surface area contributed by atoms with Gasteiger partial charge in [-0.3, -0.25) is 4.68 Å². The molecule has 2 aromatic heterocycles. The van der Waals surface area contributed by atoms with Gasteiger partial charge in [-0.25, -0.2) is 13.1 Å². The van der Waals surface area contributed by atoms with Crippen molar-refractivity contribution >= 4 is 21.4 Å². The molecule has 0 radical (unpaired) electrons. The number of aryl methyl sites for hydroxylation is 2. The molecule has 0 fully saturated rings. The highest BCUT2D eigenvalue weighted by Crippen LogP contribution is 2.24. The van der Waals surface area contributed by atoms with Crippen molar-refractivity contribution in [3.05, 3.63) is 39.8 Å². The quantitative estimate of drug-likeness (QED) is 0.842. The minimum Gasteiger partial charge on any atom is -0.260 e. The Morgan fingerprint density at radius 3 is 2.59 bits per heavy atom. The minimum absolute atomic E-state index is 0.103. The summed E-state index contributed by atoms with van der Waals surface area (Å²) in [5, 5.41) is 6.51. The average Bonchev–Trinajstić information content (AvgIpc) is 2.99. The zero-order valence-corrected chi connectivity index (χ0v) is 15.0. The maximum Gasteiger partial charge on any atom is 0.211 e. The lowest BCUT2D eigenvalue weighted by Gasteiger charge is -2.19. The molecule has 1 unspecified atom stereocenters. The molecule has 0 aliphatic rings. The van der Waals surface area contributed by atoms with Gasteiger partial charge >= 0.3 is 0 Å². The Hall–Kier alpha value is -1.18. The number of hydrogen-bond acceptors (Lipinski definition) is 4. The summed E-state index contributed by atoms with van der Waals surface area (Å²) in [7, 11) is -3.27. The summed E-state index contributed by atoms with van der Waals surface area (Å²) in [5.74, 6) is 0.243. The van der Waals surface area contributed by atoms with E-state index in [4.69, 9.17) is 0 Å². The number of nitrogens with one attached hydrogen (secondary N) is 1. The van der Waals surface area contributed by atoms with Crippen LogP contribution in [0.5, 0.6) is 0 Å². The summed E-state index contributed by atoms with van der Waals surface area (Å²) < 4.78 is 28.8. The van der Waals surface area contributed by atoms with Crippen molar-refractivity contribution < 1.29 is 8.42 Å². The van der Waals surface area contributed by atoms with E-state index in [-0.39, 0.29) is 17.7 Å². The fourth-order valence-corrected chi connectivity index (χ4v) is 4.67. The first-order chi connectivity index (χ1) is 10.3. The van der Waals surface area contributed by atoms with Crippen LogP contribution in [0.15, 0.2) is 23.6 Å². The first-order valence-electron chi connectivity index (χ1n) is 7.32. The van der Waals surface area contributed by atoms with Gasteiger partial charge in [0.2, 0.25) is 10.0 Å². The number of nitrogens with zero attached hydrogens (tertiary/aromatic N) is 2. The van der Waals surface area contributed by atoms with E-state index in [0.717, 1.165) is 16.3 Å². The lowest BCUT2D eigenvalue weighted by Crippen LogP contribution is -2.34. The summed E-state index contributed by atoms with van der Waals surface area (Å²) in [4.78, 5) is 1.10. The minimum atomic E-state index is -3.27. The van der Waals surface area contributed by atoms with Crippen LogP contribution in [0.3, 0.4) is 0 Å². The molecule has 1 atom stereocenters. The van der Waals surface area contributed by atoms with Crippen LogP contribution in [0.2, 0.25) is 0 Å². The van der Waals surface area contributed by atoms with Crippen LogP contribution < -0.4 is 4.72 Å². The molecule has 0 saturated heterocycles. The Bertz CT molecular complexity index is 703. The van der Waals surface area contributed by atoms with Gasteiger partial charge in [-0.2, -0.15) is 5.10 Å². The molecule has 0 amide bonds. The zero-order valence-electron chi connectivity index (χ0n) is 13.4. The van der Waals surface area contributed by atoms with E-state index in [1.807, 2.05) is 56.0 Å². The highest BCUT2D eigenvalue weighted by atomic mass is 32.2. The third kappa shape index (κ3) is 4.41. The molecule has 1 N–H and O–H groups in total. The second-order valence-electron chi connectivity index (χ2n) is 5.93. The Balaban J connectivity index is 2.22. The molecular formula is C15H23N3O2S2. The van der Waals surface area contributed by atoms with Gasteiger partial charge in [-0.05, 0) is 37.3 Å². The number of sulfonamides is 1. The summed E-state index contributed by atoms with van der Waals surface area (Å²) in [6.45, 7) is 8.05. The van der Waals surface area contributed by atoms with E-state index >= 15 is 0 Å². The van der Waals surface area contributed by atoms with Gasteiger partial charge < -0.3 is 0 Å². The van der Waals surface area contributed by atoms with Crippen LogP contribution >= 0.6 is 11.3 Å². The van der Waals surface area contributed by atoms with Crippen LogP contribution in [-0.2, 0) is 10.0 Å². The van der Waals surface area contributed by atoms with Crippen LogP contribution in [0, 0.1) is 19.8 Å². The fraction of sp³-hybridized carbons (Fsp3) is 0.533. The van der Waals surface area contributed by atoms with Gasteiger partial charge in [0.25, 0.3) is 0 Å². The van der Waals surface area contributed by atoms with E-state index in [1.54, 1.807) is 11.3 Å². The molecule has 2 heterocycles. The smallest absolute Gasteiger partial charge is 0.211 e. The van der Waals surface area contributed by atoms with Crippen molar-refractivity contribution in [3.8, 4) is 0 Å². The molecule has 0 bridgehead atoms. The Morgan fingerprint density at radius 1 is 1.36 bits per heavy atom. The van der Waals surface area contributed by atoms with E-state index in [2.05, 4.69) is 9.82 Å². The molecule has 2 aromatic rings. The van der Waals surface area contributed by atoms with E-state index in [9.17, 15) is 8.42 Å². The molecule has 2 rings (SSSR count). The Kier molecular flexibility index (Phi) is 5.41. The zero-order chi connectivity index (χ0) is 16.3. The van der Waals surface area contributed by atoms with Gasteiger partial charge in [0, 0.05) is 17.1 Å². The van der Waals surface area contributed by atoms with Crippen molar-refractivity contribution in [3.63, 3.8) is 0 Å². The molecule has 0 saturated carbocycles. The molecular weight excluding hydrogens is 318 g/mol. The topological polar surface area (TPSA) is 64.0 Å². The van der Waals surface area contributed by atoms with Crippen molar-refractivity contribution in [2.24, 2.45) is 5.92 Å². The second kappa shape index (κ2) is 6.93. The Labute approximate surface area is 136 Å². The molecule has 0 aromatic carbocycles. The van der Waals surface area contributed by atoms with Crippen molar-refractivity contribution in [2.45, 2.75) is 33.7 Å². The van der Waals surface area contributed by atoms with Crippen LogP contribution in [0.1, 0.15) is 36.2 Å². The molecule has 122 valence electrons. The molecule has 22 heavy (non-hydrogen) atoms. The maximum atomic E-state index is 12.1. The third-order valence-corrected chi connectivity index (χ3v) is 5.95. The predicted molar refractivity (Wildman–Crippen MR) is 90.8 cm³/mol. The summed E-state index contributed by atoms with van der Waals surface area (Å²) in [6.07, 6.45) is 0. The lowest BCUT2D eigenvalue weighted by molar-refractivity contribution is 0.497. The lowest BCUT2D eigenvalue weighted by atomic mass is 10.2. The highest BCUT2D eigenvalue weighted by molar-refractivity contribution is 7.89. The molecule has 5 nitrogen and oxygen atoms in total. The highest BCUT2D eigenvalue weighted by Gasteiger charge is 2.21. The van der Waals surface area contributed by atoms with Gasteiger partial charge in [0.1, 0.15) is 0 Å². The van der Waals surface area contributed by atoms with Crippen LogP contribution in [-0.4, -0.2) is 30.5 Å². The third-order valence-electron chi connectivity index (χ3n) is 3.26. The largest absolute Gasteiger partial charge is 0.260 e. The van der Waals surface area contributed by atoms with Crippen LogP contribution in [0.4, 0.5) is 0 Å². The van der Waals surface area contributed by atoms with Crippen molar-refractivity contribution in [1.82, 2.24) is 14.5 Å². The monoisotopic (exact) mass is 341 g/mol. The van der Waals surface area contributed by atoms with Gasteiger partial charge in [0.05, 0.1) is 17.5 Å². The fourth-order valence-electron chi connectivity index (χ4n) is 2.45. The van der Waals surface area contributed by atoms with Crippen molar-refractivity contribution in [1.29, 1.82) is 0 Å². The van der Waals surface area contributed by atoms with E-state index in [0.29, 0.717) is 6.54 Å². The molecule has 0 spiro atoms. The number of aromatic nitrogens is 2. The van der Waals surface area contributed by atoms with Crippen LogP contribution in [0.25, 0.3) is 0 Å². The molecule has 7 heteroatoms. The first kappa shape index (κ1) is 17.2. The standard InChI is InChI=1S/C15H23N3O2S2/c1-11(2)10-22(19,20)16-9-14(15-6-5-7-21-15)18-13(4)8-12(3)17-18/h5-8,11,14,16H,9-10H2,1-4H3. The van der Waals surface area contributed by atoms with E-state index in [1.165, 1.54) is 0 Å². The predicted octanol–water partition coefficient (Wildman–Crippen LogP) is 2.73. The maximum absolute atomic E-state index is 12.1. The normalized spacial score (nSPS) is 13.7. The summed E-state index contributed by atoms with van der Waals surface area (Å²) in [5.41, 5.74) is 1.96. The summed E-state index contributed by atoms with van der Waals surface area (Å²) >= 11 is 1.61. The van der Waals surface area contributed by atoms with E-state index < -0.39 is 10.0 Å². The van der Waals surface area contributed by atoms with Crippen molar-refractivity contribution in [2.75, 3.05) is 12.3 Å². The molecule has 0 aliphatic heterocycles. The summed E-state index contributed by atoms with van der Waals surface area (Å²) in [6, 6.07) is 5.88. The number of thiophene rings is 1. The second-order valence-corrected chi connectivity index (χ2v) is 8.76. The average molecular weight is 342 g/mol. The van der Waals surface area contributed by atoms with Gasteiger partial charge in [0.15, 0.2) is 0 Å². The Morgan fingerprint density at radius 2 is 2.09 bits per heavy atom. The SMILES string of the molecule is Cc1cc(C)n(C(CNS(=O)(=O)CC(C)C)c2cccs2)n1.